The van der Waals surface area contributed by atoms with Gasteiger partial charge in [-0.15, -0.1) is 0 Å². The van der Waals surface area contributed by atoms with E-state index in [1.165, 1.54) is 33.4 Å². The molecule has 0 radical (unpaired) electrons. The van der Waals surface area contributed by atoms with E-state index in [-0.39, 0.29) is 10.8 Å². The van der Waals surface area contributed by atoms with Crippen LogP contribution in [0, 0.1) is 0 Å². The third-order valence-electron chi connectivity index (χ3n) is 6.90. The quantitative estimate of drug-likeness (QED) is 0.254. The molecule has 0 aliphatic heterocycles. The van der Waals surface area contributed by atoms with Gasteiger partial charge in [0.25, 0.3) is 0 Å². The fourth-order valence-electron chi connectivity index (χ4n) is 4.47. The van der Waals surface area contributed by atoms with Crippen LogP contribution < -0.4 is 4.65 Å². The molecule has 0 fully saturated rings. The zero-order chi connectivity index (χ0) is 26.8. The number of para-hydroxylation sites is 1. The zero-order valence-electron chi connectivity index (χ0n) is 24.3. The molecule has 0 unspecified atom stereocenters. The topological polar surface area (TPSA) is 21.6 Å². The predicted octanol–water partition coefficient (Wildman–Crippen LogP) is 8.87. The van der Waals surface area contributed by atoms with E-state index >= 15 is 0 Å². The van der Waals surface area contributed by atoms with Crippen LogP contribution in [-0.2, 0) is 10.8 Å². The van der Waals surface area contributed by atoms with Gasteiger partial charge in [-0.2, -0.15) is 0 Å². The first-order valence-corrected chi connectivity index (χ1v) is 13.2. The molecule has 3 aromatic rings. The van der Waals surface area contributed by atoms with E-state index in [1.807, 2.05) is 6.21 Å². The highest BCUT2D eigenvalue weighted by Crippen LogP contribution is 2.37. The van der Waals surface area contributed by atoms with Gasteiger partial charge in [-0.3, -0.25) is 4.99 Å². The molecular formula is C33H44BNO. The lowest BCUT2D eigenvalue weighted by Gasteiger charge is -2.26. The number of hydrogen-bond donors (Lipinski definition) is 0. The molecule has 2 nitrogen and oxygen atoms in total. The van der Waals surface area contributed by atoms with E-state index in [2.05, 4.69) is 124 Å². The minimum atomic E-state index is 0.0700. The van der Waals surface area contributed by atoms with Crippen molar-refractivity contribution in [2.75, 3.05) is 0 Å². The maximum absolute atomic E-state index is 5.74. The molecule has 0 bridgehead atoms. The molecule has 0 amide bonds. The molecule has 3 aromatic carbocycles. The second-order valence-corrected chi connectivity index (χ2v) is 12.6. The Kier molecular flexibility index (Phi) is 8.23. The highest BCUT2D eigenvalue weighted by Gasteiger charge is 2.21. The van der Waals surface area contributed by atoms with E-state index in [0.717, 1.165) is 17.0 Å². The molecule has 0 spiro atoms. The SMILES string of the molecule is BOc1ccc(-c2cc(C(C)(C)C)cc(C(C)(C)C)c2)cc1/C=N/c1c(C(C)C)cccc1C(C)C. The summed E-state index contributed by atoms with van der Waals surface area (Å²) in [7, 11) is 1.73. The van der Waals surface area contributed by atoms with Gasteiger partial charge in [0.2, 0.25) is 0 Å². The van der Waals surface area contributed by atoms with Crippen molar-refractivity contribution in [3.63, 3.8) is 0 Å². The van der Waals surface area contributed by atoms with E-state index in [4.69, 9.17) is 9.65 Å². The summed E-state index contributed by atoms with van der Waals surface area (Å²) in [5, 5.41) is 0. The van der Waals surface area contributed by atoms with Crippen LogP contribution in [0.5, 0.6) is 5.75 Å². The molecule has 0 saturated heterocycles. The maximum atomic E-state index is 5.74. The lowest BCUT2D eigenvalue weighted by molar-refractivity contribution is 0.569. The van der Waals surface area contributed by atoms with Gasteiger partial charge in [0.1, 0.15) is 5.75 Å². The Morgan fingerprint density at radius 2 is 1.25 bits per heavy atom. The number of benzene rings is 3. The molecule has 0 aliphatic rings. The summed E-state index contributed by atoms with van der Waals surface area (Å²) >= 11 is 0. The van der Waals surface area contributed by atoms with Gasteiger partial charge >= 0.3 is 8.05 Å². The Labute approximate surface area is 220 Å². The summed E-state index contributed by atoms with van der Waals surface area (Å²) < 4.78 is 5.74. The number of hydrogen-bond acceptors (Lipinski definition) is 2. The first kappa shape index (κ1) is 27.8. The summed E-state index contributed by atoms with van der Waals surface area (Å²) in [4.78, 5) is 5.07. The van der Waals surface area contributed by atoms with Gasteiger partial charge in [0.05, 0.1) is 5.69 Å². The Bertz CT molecular complexity index is 1180. The molecule has 0 atom stereocenters. The first-order valence-electron chi connectivity index (χ1n) is 13.2. The van der Waals surface area contributed by atoms with Gasteiger partial charge in [-0.25, -0.2) is 0 Å². The lowest BCUT2D eigenvalue weighted by atomic mass is 9.79. The Hall–Kier alpha value is -2.81. The molecule has 36 heavy (non-hydrogen) atoms. The largest absolute Gasteiger partial charge is 0.567 e. The van der Waals surface area contributed by atoms with Crippen LogP contribution in [0.25, 0.3) is 11.1 Å². The molecule has 0 aliphatic carbocycles. The number of aliphatic imine (C=N–C) groups is 1. The minimum Gasteiger partial charge on any atom is -0.567 e. The average molecular weight is 482 g/mol. The van der Waals surface area contributed by atoms with Crippen molar-refractivity contribution in [2.24, 2.45) is 4.99 Å². The van der Waals surface area contributed by atoms with E-state index in [1.54, 1.807) is 8.05 Å². The van der Waals surface area contributed by atoms with Gasteiger partial charge in [-0.05, 0) is 68.2 Å². The highest BCUT2D eigenvalue weighted by molar-refractivity contribution is 6.01. The molecule has 3 rings (SSSR count). The number of rotatable bonds is 6. The smallest absolute Gasteiger partial charge is 0.322 e. The molecule has 0 N–H and O–H groups in total. The fourth-order valence-corrected chi connectivity index (χ4v) is 4.47. The van der Waals surface area contributed by atoms with Gasteiger partial charge < -0.3 is 4.65 Å². The molecule has 3 heteroatoms. The van der Waals surface area contributed by atoms with Gasteiger partial charge in [0, 0.05) is 11.8 Å². The lowest BCUT2D eigenvalue weighted by Crippen LogP contribution is -2.16. The Morgan fingerprint density at radius 3 is 1.69 bits per heavy atom. The Balaban J connectivity index is 2.17. The van der Waals surface area contributed by atoms with Crippen molar-refractivity contribution in [1.29, 1.82) is 0 Å². The molecule has 0 saturated carbocycles. The van der Waals surface area contributed by atoms with Crippen LogP contribution >= 0.6 is 0 Å². The zero-order valence-corrected chi connectivity index (χ0v) is 24.3. The minimum absolute atomic E-state index is 0.0700. The van der Waals surface area contributed by atoms with Crippen LogP contribution in [0.4, 0.5) is 5.69 Å². The summed E-state index contributed by atoms with van der Waals surface area (Å²) in [6, 6.07) is 20.0. The van der Waals surface area contributed by atoms with Crippen molar-refractivity contribution in [2.45, 2.75) is 91.9 Å². The fraction of sp³-hybridized carbons (Fsp3) is 0.424. The number of nitrogens with zero attached hydrogens (tertiary/aromatic N) is 1. The molecular weight excluding hydrogens is 437 g/mol. The van der Waals surface area contributed by atoms with Crippen LogP contribution in [0.15, 0.2) is 59.6 Å². The second kappa shape index (κ2) is 10.7. The third kappa shape index (κ3) is 6.30. The Morgan fingerprint density at radius 1 is 0.722 bits per heavy atom. The summed E-state index contributed by atoms with van der Waals surface area (Å²) in [6.45, 7) is 22.6. The van der Waals surface area contributed by atoms with Crippen molar-refractivity contribution >= 4 is 20.0 Å². The van der Waals surface area contributed by atoms with Crippen LogP contribution in [-0.4, -0.2) is 14.3 Å². The average Bonchev–Trinajstić information content (AvgIpc) is 2.80. The third-order valence-corrected chi connectivity index (χ3v) is 6.90. The monoisotopic (exact) mass is 481 g/mol. The van der Waals surface area contributed by atoms with Crippen molar-refractivity contribution in [3.8, 4) is 16.9 Å². The van der Waals surface area contributed by atoms with E-state index < -0.39 is 0 Å². The van der Waals surface area contributed by atoms with Crippen LogP contribution in [0.1, 0.15) is 109 Å². The van der Waals surface area contributed by atoms with E-state index in [0.29, 0.717) is 11.8 Å². The van der Waals surface area contributed by atoms with E-state index in [9.17, 15) is 0 Å². The summed E-state index contributed by atoms with van der Waals surface area (Å²) in [6.07, 6.45) is 1.98. The summed E-state index contributed by atoms with van der Waals surface area (Å²) in [5.41, 5.74) is 9.88. The highest BCUT2D eigenvalue weighted by atomic mass is 16.4. The molecule has 190 valence electrons. The molecule has 0 aromatic heterocycles. The van der Waals surface area contributed by atoms with Gasteiger partial charge in [-0.1, -0.05) is 112 Å². The standard InChI is InChI=1S/C33H44BNO/c1-21(2)28-12-11-13-29(22(3)4)31(28)35-20-25-16-23(14-15-30(25)36-34)24-17-26(32(5,6)7)19-27(18-24)33(8,9)10/h11-22H,34H2,1-10H3/b35-20+. The summed E-state index contributed by atoms with van der Waals surface area (Å²) in [5.74, 6) is 1.64. The maximum Gasteiger partial charge on any atom is 0.322 e. The van der Waals surface area contributed by atoms with Crippen molar-refractivity contribution < 1.29 is 4.65 Å². The first-order chi connectivity index (χ1) is 16.7. The van der Waals surface area contributed by atoms with Crippen LogP contribution in [0.3, 0.4) is 0 Å². The van der Waals surface area contributed by atoms with Crippen molar-refractivity contribution in [1.82, 2.24) is 0 Å². The predicted molar refractivity (Wildman–Crippen MR) is 160 cm³/mol. The molecule has 0 heterocycles. The van der Waals surface area contributed by atoms with Crippen molar-refractivity contribution in [3.05, 3.63) is 82.4 Å². The second-order valence-electron chi connectivity index (χ2n) is 12.6. The van der Waals surface area contributed by atoms with Gasteiger partial charge in [0.15, 0.2) is 0 Å². The normalized spacial score (nSPS) is 12.7. The van der Waals surface area contributed by atoms with Crippen LogP contribution in [0.2, 0.25) is 0 Å².